The maximum absolute atomic E-state index is 11.7. The minimum absolute atomic E-state index is 0.0594. The van der Waals surface area contributed by atoms with Crippen LogP contribution < -0.4 is 10.1 Å². The van der Waals surface area contributed by atoms with Gasteiger partial charge in [0.2, 0.25) is 0 Å². The number of ether oxygens (including phenoxy) is 1. The number of aliphatic hydroxyl groups excluding tert-OH is 1. The summed E-state index contributed by atoms with van der Waals surface area (Å²) in [6.07, 6.45) is 0. The van der Waals surface area contributed by atoms with Crippen LogP contribution in [0.4, 0.5) is 0 Å². The Morgan fingerprint density at radius 2 is 2.00 bits per heavy atom. The summed E-state index contributed by atoms with van der Waals surface area (Å²) in [5.41, 5.74) is 0.451. The molecule has 0 fully saturated rings. The Morgan fingerprint density at radius 1 is 1.35 bits per heavy atom. The molecule has 0 aromatic heterocycles. The molecule has 112 valence electrons. The summed E-state index contributed by atoms with van der Waals surface area (Å²) in [4.78, 5) is 11.7. The van der Waals surface area contributed by atoms with Crippen LogP contribution in [0, 0.1) is 5.92 Å². The van der Waals surface area contributed by atoms with Crippen molar-refractivity contribution in [1.29, 1.82) is 0 Å². The van der Waals surface area contributed by atoms with E-state index in [1.54, 1.807) is 6.07 Å². The first-order valence-corrected chi connectivity index (χ1v) is 7.11. The van der Waals surface area contributed by atoms with Gasteiger partial charge in [0.25, 0.3) is 5.91 Å². The Labute approximate surface area is 129 Å². The summed E-state index contributed by atoms with van der Waals surface area (Å²) in [5, 5.41) is 12.8. The first-order chi connectivity index (χ1) is 9.35. The molecule has 0 heterocycles. The topological polar surface area (TPSA) is 58.6 Å². The molecule has 0 aliphatic carbocycles. The molecular weight excluding hydrogens is 301 g/mol. The lowest BCUT2D eigenvalue weighted by molar-refractivity contribution is -0.124. The molecule has 2 N–H and O–H groups in total. The van der Waals surface area contributed by atoms with E-state index in [1.165, 1.54) is 6.07 Å². The van der Waals surface area contributed by atoms with Crippen LogP contribution >= 0.6 is 23.2 Å². The molecule has 0 aliphatic heterocycles. The third-order valence-corrected chi connectivity index (χ3v) is 3.49. The van der Waals surface area contributed by atoms with Crippen LogP contribution in [-0.2, 0) is 11.4 Å². The molecule has 0 saturated carbocycles. The molecule has 1 atom stereocenters. The van der Waals surface area contributed by atoms with Gasteiger partial charge in [0.1, 0.15) is 5.75 Å². The highest BCUT2D eigenvalue weighted by Gasteiger charge is 2.14. The molecule has 6 heteroatoms. The summed E-state index contributed by atoms with van der Waals surface area (Å²) in [6, 6.07) is 3.12. The molecule has 1 unspecified atom stereocenters. The van der Waals surface area contributed by atoms with Crippen molar-refractivity contribution in [1.82, 2.24) is 5.32 Å². The van der Waals surface area contributed by atoms with Gasteiger partial charge in [-0.3, -0.25) is 4.79 Å². The van der Waals surface area contributed by atoms with E-state index in [4.69, 9.17) is 27.9 Å². The van der Waals surface area contributed by atoms with E-state index in [2.05, 4.69) is 5.32 Å². The van der Waals surface area contributed by atoms with E-state index in [9.17, 15) is 9.90 Å². The second-order valence-electron chi connectivity index (χ2n) is 4.92. The average Bonchev–Trinajstić information content (AvgIpc) is 2.36. The molecule has 0 radical (unpaired) electrons. The van der Waals surface area contributed by atoms with E-state index < -0.39 is 0 Å². The van der Waals surface area contributed by atoms with Gasteiger partial charge < -0.3 is 15.2 Å². The lowest BCUT2D eigenvalue weighted by atomic mass is 10.1. The minimum atomic E-state index is -0.264. The number of halogens is 2. The number of nitrogens with one attached hydrogen (secondary N) is 1. The zero-order chi connectivity index (χ0) is 15.3. The van der Waals surface area contributed by atoms with Gasteiger partial charge >= 0.3 is 0 Å². The molecule has 4 nitrogen and oxygen atoms in total. The molecule has 1 aromatic carbocycles. The van der Waals surface area contributed by atoms with Crippen LogP contribution in [0.15, 0.2) is 12.1 Å². The van der Waals surface area contributed by atoms with Crippen LogP contribution in [0.5, 0.6) is 5.75 Å². The highest BCUT2D eigenvalue weighted by atomic mass is 35.5. The van der Waals surface area contributed by atoms with Crippen molar-refractivity contribution in [2.45, 2.75) is 33.4 Å². The van der Waals surface area contributed by atoms with Gasteiger partial charge in [0.05, 0.1) is 11.6 Å². The Kier molecular flexibility index (Phi) is 6.59. The van der Waals surface area contributed by atoms with Crippen molar-refractivity contribution in [2.24, 2.45) is 5.92 Å². The molecule has 20 heavy (non-hydrogen) atoms. The predicted molar refractivity (Wildman–Crippen MR) is 80.3 cm³/mol. The quantitative estimate of drug-likeness (QED) is 0.847. The lowest BCUT2D eigenvalue weighted by Crippen LogP contribution is -2.39. The highest BCUT2D eigenvalue weighted by Crippen LogP contribution is 2.32. The fraction of sp³-hybridized carbons (Fsp3) is 0.500. The molecule has 1 aromatic rings. The number of carbonyl (C=O) groups excluding carboxylic acids is 1. The van der Waals surface area contributed by atoms with E-state index in [0.717, 1.165) is 0 Å². The lowest BCUT2D eigenvalue weighted by Gasteiger charge is -2.18. The van der Waals surface area contributed by atoms with E-state index in [0.29, 0.717) is 16.5 Å². The predicted octanol–water partition coefficient (Wildman–Crippen LogP) is 3.03. The second kappa shape index (κ2) is 7.72. The Hall–Kier alpha value is -0.970. The molecule has 0 bridgehead atoms. The number of benzene rings is 1. The fourth-order valence-corrected chi connectivity index (χ4v) is 2.08. The van der Waals surface area contributed by atoms with Gasteiger partial charge in [-0.1, -0.05) is 37.0 Å². The highest BCUT2D eigenvalue weighted by molar-refractivity contribution is 6.35. The number of rotatable bonds is 6. The van der Waals surface area contributed by atoms with Crippen molar-refractivity contribution in [3.63, 3.8) is 0 Å². The standard InChI is InChI=1S/C14H19Cl2NO3/c1-8(2)9(3)17-13(19)7-20-14-10(6-18)4-11(15)5-12(14)16/h4-5,8-9,18H,6-7H2,1-3H3,(H,17,19). The number of aliphatic hydroxyl groups is 1. The number of hydrogen-bond donors (Lipinski definition) is 2. The van der Waals surface area contributed by atoms with Crippen LogP contribution in [0.1, 0.15) is 26.3 Å². The first kappa shape index (κ1) is 17.1. The number of hydrogen-bond acceptors (Lipinski definition) is 3. The Morgan fingerprint density at radius 3 is 2.55 bits per heavy atom. The van der Waals surface area contributed by atoms with Crippen LogP contribution in [0.3, 0.4) is 0 Å². The normalized spacial score (nSPS) is 12.3. The van der Waals surface area contributed by atoms with Gasteiger partial charge in [-0.15, -0.1) is 0 Å². The smallest absolute Gasteiger partial charge is 0.258 e. The minimum Gasteiger partial charge on any atom is -0.482 e. The zero-order valence-corrected chi connectivity index (χ0v) is 13.3. The second-order valence-corrected chi connectivity index (χ2v) is 5.77. The van der Waals surface area contributed by atoms with Crippen molar-refractivity contribution in [3.05, 3.63) is 27.7 Å². The summed E-state index contributed by atoms with van der Waals surface area (Å²) in [7, 11) is 0. The molecule has 0 spiro atoms. The summed E-state index contributed by atoms with van der Waals surface area (Å²) < 4.78 is 5.39. The van der Waals surface area contributed by atoms with Crippen molar-refractivity contribution in [2.75, 3.05) is 6.61 Å². The van der Waals surface area contributed by atoms with Gasteiger partial charge in [0.15, 0.2) is 6.61 Å². The molecule has 1 rings (SSSR count). The summed E-state index contributed by atoms with van der Waals surface area (Å²) in [5.74, 6) is 0.387. The SMILES string of the molecule is CC(C)C(C)NC(=O)COc1c(Cl)cc(Cl)cc1CO. The van der Waals surface area contributed by atoms with Crippen LogP contribution in [0.25, 0.3) is 0 Å². The number of amides is 1. The monoisotopic (exact) mass is 319 g/mol. The van der Waals surface area contributed by atoms with E-state index in [-0.39, 0.29) is 35.9 Å². The van der Waals surface area contributed by atoms with Crippen molar-refractivity contribution in [3.8, 4) is 5.75 Å². The maximum Gasteiger partial charge on any atom is 0.258 e. The molecule has 0 aliphatic rings. The number of carbonyl (C=O) groups is 1. The molecule has 1 amide bonds. The van der Waals surface area contributed by atoms with Crippen molar-refractivity contribution < 1.29 is 14.6 Å². The third-order valence-electron chi connectivity index (χ3n) is 2.99. The Bertz CT molecular complexity index is 478. The van der Waals surface area contributed by atoms with Gasteiger partial charge in [-0.25, -0.2) is 0 Å². The first-order valence-electron chi connectivity index (χ1n) is 6.36. The largest absolute Gasteiger partial charge is 0.482 e. The van der Waals surface area contributed by atoms with Gasteiger partial charge in [-0.2, -0.15) is 0 Å². The van der Waals surface area contributed by atoms with Crippen LogP contribution in [-0.4, -0.2) is 23.7 Å². The fourth-order valence-electron chi connectivity index (χ4n) is 1.49. The molecular formula is C14H19Cl2NO3. The Balaban J connectivity index is 2.68. The average molecular weight is 320 g/mol. The zero-order valence-electron chi connectivity index (χ0n) is 11.7. The maximum atomic E-state index is 11.7. The van der Waals surface area contributed by atoms with E-state index >= 15 is 0 Å². The summed E-state index contributed by atoms with van der Waals surface area (Å²) >= 11 is 11.8. The van der Waals surface area contributed by atoms with Crippen LogP contribution in [0.2, 0.25) is 10.0 Å². The van der Waals surface area contributed by atoms with E-state index in [1.807, 2.05) is 20.8 Å². The third kappa shape index (κ3) is 4.85. The van der Waals surface area contributed by atoms with Crippen molar-refractivity contribution >= 4 is 29.1 Å². The van der Waals surface area contributed by atoms with Gasteiger partial charge in [0, 0.05) is 16.6 Å². The molecule has 0 saturated heterocycles. The summed E-state index contributed by atoms with van der Waals surface area (Å²) in [6.45, 7) is 5.54. The van der Waals surface area contributed by atoms with Gasteiger partial charge in [-0.05, 0) is 25.0 Å².